The highest BCUT2D eigenvalue weighted by molar-refractivity contribution is 8.00. The molecule has 2 atom stereocenters. The van der Waals surface area contributed by atoms with Crippen molar-refractivity contribution in [1.29, 1.82) is 0 Å². The Kier molecular flexibility index (Phi) is 4.13. The second-order valence-corrected chi connectivity index (χ2v) is 6.88. The van der Waals surface area contributed by atoms with Crippen LogP contribution in [-0.2, 0) is 6.42 Å². The molecule has 0 aliphatic carbocycles. The molecule has 1 aliphatic heterocycles. The van der Waals surface area contributed by atoms with Crippen molar-refractivity contribution >= 4 is 11.8 Å². The van der Waals surface area contributed by atoms with E-state index in [1.807, 2.05) is 11.8 Å². The van der Waals surface area contributed by atoms with E-state index in [2.05, 4.69) is 67.7 Å². The maximum atomic E-state index is 3.70. The summed E-state index contributed by atoms with van der Waals surface area (Å²) in [7, 11) is 0. The van der Waals surface area contributed by atoms with Crippen LogP contribution in [-0.4, -0.2) is 11.8 Å². The third kappa shape index (κ3) is 2.92. The molecule has 0 saturated carbocycles. The Morgan fingerprint density at radius 3 is 2.70 bits per heavy atom. The molecule has 1 aliphatic rings. The Labute approximate surface area is 125 Å². The van der Waals surface area contributed by atoms with E-state index >= 15 is 0 Å². The van der Waals surface area contributed by atoms with Gasteiger partial charge in [-0.3, -0.25) is 0 Å². The highest BCUT2D eigenvalue weighted by Gasteiger charge is 2.22. The molecule has 1 heterocycles. The molecule has 0 radical (unpaired) electrons. The molecule has 1 nitrogen and oxygen atoms in total. The summed E-state index contributed by atoms with van der Waals surface area (Å²) < 4.78 is 0. The fraction of sp³-hybridized carbons (Fsp3) is 0.333. The molecule has 20 heavy (non-hydrogen) atoms. The zero-order valence-corrected chi connectivity index (χ0v) is 12.9. The summed E-state index contributed by atoms with van der Waals surface area (Å²) in [6.45, 7) is 5.51. The SMILES string of the molecule is Cc1ccccc1[C@H](C)NCC1Cc2ccccc2S1. The van der Waals surface area contributed by atoms with Crippen molar-refractivity contribution in [1.82, 2.24) is 5.32 Å². The summed E-state index contributed by atoms with van der Waals surface area (Å²) in [5.74, 6) is 0. The molecular weight excluding hydrogens is 262 g/mol. The zero-order valence-electron chi connectivity index (χ0n) is 12.1. The summed E-state index contributed by atoms with van der Waals surface area (Å²) in [4.78, 5) is 1.46. The molecule has 0 spiro atoms. The lowest BCUT2D eigenvalue weighted by atomic mass is 10.0. The van der Waals surface area contributed by atoms with E-state index in [1.54, 1.807) is 0 Å². The molecule has 2 aromatic carbocycles. The van der Waals surface area contributed by atoms with Crippen molar-refractivity contribution in [3.8, 4) is 0 Å². The summed E-state index contributed by atoms with van der Waals surface area (Å²) >= 11 is 2.02. The van der Waals surface area contributed by atoms with E-state index in [1.165, 1.54) is 28.0 Å². The first-order valence-corrected chi connectivity index (χ1v) is 8.15. The molecule has 1 N–H and O–H groups in total. The molecule has 0 saturated heterocycles. The molecule has 0 aromatic heterocycles. The van der Waals surface area contributed by atoms with Crippen LogP contribution in [0.5, 0.6) is 0 Å². The molecular formula is C18H21NS. The van der Waals surface area contributed by atoms with Crippen LogP contribution in [0.2, 0.25) is 0 Å². The van der Waals surface area contributed by atoms with Gasteiger partial charge < -0.3 is 5.32 Å². The predicted octanol–water partition coefficient (Wildman–Crippen LogP) is 4.36. The average molecular weight is 283 g/mol. The first-order chi connectivity index (χ1) is 9.74. The number of fused-ring (bicyclic) bond motifs is 1. The van der Waals surface area contributed by atoms with Crippen LogP contribution < -0.4 is 5.32 Å². The van der Waals surface area contributed by atoms with Gasteiger partial charge >= 0.3 is 0 Å². The summed E-state index contributed by atoms with van der Waals surface area (Å²) in [5, 5.41) is 4.36. The maximum Gasteiger partial charge on any atom is 0.0294 e. The van der Waals surface area contributed by atoms with E-state index in [9.17, 15) is 0 Å². The second-order valence-electron chi connectivity index (χ2n) is 5.54. The lowest BCUT2D eigenvalue weighted by molar-refractivity contribution is 0.565. The van der Waals surface area contributed by atoms with Crippen molar-refractivity contribution < 1.29 is 0 Å². The minimum absolute atomic E-state index is 0.417. The van der Waals surface area contributed by atoms with Gasteiger partial charge in [0.25, 0.3) is 0 Å². The van der Waals surface area contributed by atoms with E-state index < -0.39 is 0 Å². The Bertz CT molecular complexity index is 568. The van der Waals surface area contributed by atoms with Gasteiger partial charge in [0.05, 0.1) is 0 Å². The van der Waals surface area contributed by atoms with Crippen LogP contribution in [0, 0.1) is 6.92 Å². The second kappa shape index (κ2) is 6.02. The number of thioether (sulfide) groups is 1. The molecule has 2 heteroatoms. The van der Waals surface area contributed by atoms with Crippen LogP contribution in [0.25, 0.3) is 0 Å². The van der Waals surface area contributed by atoms with Crippen LogP contribution in [0.15, 0.2) is 53.4 Å². The topological polar surface area (TPSA) is 12.0 Å². The highest BCUT2D eigenvalue weighted by atomic mass is 32.2. The monoisotopic (exact) mass is 283 g/mol. The van der Waals surface area contributed by atoms with E-state index in [4.69, 9.17) is 0 Å². The molecule has 1 unspecified atom stereocenters. The predicted molar refractivity (Wildman–Crippen MR) is 87.4 cm³/mol. The van der Waals surface area contributed by atoms with Crippen LogP contribution in [0.1, 0.15) is 29.7 Å². The Morgan fingerprint density at radius 2 is 1.90 bits per heavy atom. The van der Waals surface area contributed by atoms with Gasteiger partial charge in [0.2, 0.25) is 0 Å². The van der Waals surface area contributed by atoms with Crippen molar-refractivity contribution in [2.45, 2.75) is 36.5 Å². The standard InChI is InChI=1S/C18H21NS/c1-13-7-3-5-9-17(13)14(2)19-12-16-11-15-8-4-6-10-18(15)20-16/h3-10,14,16,19H,11-12H2,1-2H3/t14-,16?/m0/s1. The van der Waals surface area contributed by atoms with Gasteiger partial charge in [-0.15, -0.1) is 11.8 Å². The summed E-state index contributed by atoms with van der Waals surface area (Å²) in [6.07, 6.45) is 1.19. The van der Waals surface area contributed by atoms with E-state index in [-0.39, 0.29) is 0 Å². The number of hydrogen-bond donors (Lipinski definition) is 1. The van der Waals surface area contributed by atoms with Crippen molar-refractivity contribution in [3.05, 3.63) is 65.2 Å². The number of aryl methyl sites for hydroxylation is 1. The minimum Gasteiger partial charge on any atom is -0.309 e. The lowest BCUT2D eigenvalue weighted by Crippen LogP contribution is -2.27. The van der Waals surface area contributed by atoms with Crippen molar-refractivity contribution in [2.75, 3.05) is 6.54 Å². The van der Waals surface area contributed by atoms with Gasteiger partial charge in [-0.25, -0.2) is 0 Å². The number of rotatable bonds is 4. The van der Waals surface area contributed by atoms with Crippen LogP contribution in [0.3, 0.4) is 0 Å². The zero-order chi connectivity index (χ0) is 13.9. The minimum atomic E-state index is 0.417. The molecule has 0 amide bonds. The number of benzene rings is 2. The Hall–Kier alpha value is -1.25. The third-order valence-corrected chi connectivity index (χ3v) is 5.34. The van der Waals surface area contributed by atoms with Gasteiger partial charge in [0.1, 0.15) is 0 Å². The Balaban J connectivity index is 1.58. The first-order valence-electron chi connectivity index (χ1n) is 7.27. The smallest absolute Gasteiger partial charge is 0.0294 e. The molecule has 2 aromatic rings. The number of hydrogen-bond acceptors (Lipinski definition) is 2. The van der Waals surface area contributed by atoms with Gasteiger partial charge in [0.15, 0.2) is 0 Å². The van der Waals surface area contributed by atoms with E-state index in [0.29, 0.717) is 11.3 Å². The summed E-state index contributed by atoms with van der Waals surface area (Å²) in [5.41, 5.74) is 4.29. The fourth-order valence-electron chi connectivity index (χ4n) is 2.86. The fourth-order valence-corrected chi connectivity index (χ4v) is 4.12. The van der Waals surface area contributed by atoms with Gasteiger partial charge in [-0.1, -0.05) is 42.5 Å². The first kappa shape index (κ1) is 13.7. The van der Waals surface area contributed by atoms with Crippen LogP contribution >= 0.6 is 11.8 Å². The molecule has 0 fully saturated rings. The number of nitrogens with one attached hydrogen (secondary N) is 1. The molecule has 0 bridgehead atoms. The van der Waals surface area contributed by atoms with Crippen LogP contribution in [0.4, 0.5) is 0 Å². The average Bonchev–Trinajstić information content (AvgIpc) is 2.88. The summed E-state index contributed by atoms with van der Waals surface area (Å²) in [6, 6.07) is 17.8. The normalized spacial score (nSPS) is 18.8. The molecule has 3 rings (SSSR count). The Morgan fingerprint density at radius 1 is 1.15 bits per heavy atom. The van der Waals surface area contributed by atoms with Gasteiger partial charge in [-0.05, 0) is 43.0 Å². The third-order valence-electron chi connectivity index (χ3n) is 4.02. The van der Waals surface area contributed by atoms with E-state index in [0.717, 1.165) is 6.54 Å². The van der Waals surface area contributed by atoms with Crippen molar-refractivity contribution in [3.63, 3.8) is 0 Å². The van der Waals surface area contributed by atoms with Gasteiger partial charge in [0, 0.05) is 22.7 Å². The van der Waals surface area contributed by atoms with Gasteiger partial charge in [-0.2, -0.15) is 0 Å². The largest absolute Gasteiger partial charge is 0.309 e. The quantitative estimate of drug-likeness (QED) is 0.894. The highest BCUT2D eigenvalue weighted by Crippen LogP contribution is 2.36. The maximum absolute atomic E-state index is 3.70. The lowest BCUT2D eigenvalue weighted by Gasteiger charge is -2.18. The molecule has 104 valence electrons. The van der Waals surface area contributed by atoms with Crippen molar-refractivity contribution in [2.24, 2.45) is 0 Å².